The van der Waals surface area contributed by atoms with E-state index in [0.29, 0.717) is 0 Å². The Bertz CT molecular complexity index is 1050. The van der Waals surface area contributed by atoms with Gasteiger partial charge in [-0.25, -0.2) is 8.42 Å². The van der Waals surface area contributed by atoms with E-state index in [1.165, 1.54) is 4.90 Å². The number of sulfonamides is 1. The van der Waals surface area contributed by atoms with E-state index in [2.05, 4.69) is 4.72 Å². The normalized spacial score (nSPS) is 12.7. The van der Waals surface area contributed by atoms with Gasteiger partial charge in [0, 0.05) is 14.1 Å². The van der Waals surface area contributed by atoms with Crippen molar-refractivity contribution in [3.63, 3.8) is 0 Å². The van der Waals surface area contributed by atoms with Crippen molar-refractivity contribution < 1.29 is 13.2 Å². The van der Waals surface area contributed by atoms with E-state index in [9.17, 15) is 13.2 Å². The van der Waals surface area contributed by atoms with Gasteiger partial charge >= 0.3 is 0 Å². The third-order valence-electron chi connectivity index (χ3n) is 4.35. The van der Waals surface area contributed by atoms with Crippen molar-refractivity contribution >= 4 is 26.7 Å². The molecule has 0 saturated carbocycles. The van der Waals surface area contributed by atoms with Gasteiger partial charge in [-0.05, 0) is 34.9 Å². The van der Waals surface area contributed by atoms with E-state index in [1.54, 1.807) is 32.3 Å². The molecule has 0 spiro atoms. The second-order valence-corrected chi connectivity index (χ2v) is 8.32. The molecule has 3 aromatic carbocycles. The lowest BCUT2D eigenvalue weighted by Crippen LogP contribution is -2.47. The van der Waals surface area contributed by atoms with Crippen molar-refractivity contribution in [2.75, 3.05) is 14.1 Å². The molecule has 1 amide bonds. The second kappa shape index (κ2) is 7.90. The summed E-state index contributed by atoms with van der Waals surface area (Å²) < 4.78 is 28.4. The van der Waals surface area contributed by atoms with E-state index >= 15 is 0 Å². The Morgan fingerprint density at radius 3 is 2.22 bits per heavy atom. The van der Waals surface area contributed by atoms with Gasteiger partial charge in [0.1, 0.15) is 6.04 Å². The smallest absolute Gasteiger partial charge is 0.241 e. The molecule has 0 aliphatic rings. The summed E-state index contributed by atoms with van der Waals surface area (Å²) in [5.41, 5.74) is 0.888. The summed E-state index contributed by atoms with van der Waals surface area (Å²) in [4.78, 5) is 14.1. The van der Waals surface area contributed by atoms with E-state index in [4.69, 9.17) is 0 Å². The first-order chi connectivity index (χ1) is 12.9. The highest BCUT2D eigenvalue weighted by atomic mass is 32.2. The standard InChI is InChI=1S/C21H22N2O3S/c1-23(2)21(24)20(14-16-8-4-3-5-9-16)22-27(25,26)19-13-12-17-10-6-7-11-18(17)15-19/h3-13,15,20,22H,14H2,1-2H3. The molecule has 0 aromatic heterocycles. The predicted molar refractivity (Wildman–Crippen MR) is 107 cm³/mol. The van der Waals surface area contributed by atoms with Crippen molar-refractivity contribution in [3.05, 3.63) is 78.4 Å². The summed E-state index contributed by atoms with van der Waals surface area (Å²) in [5, 5.41) is 1.79. The van der Waals surface area contributed by atoms with Crippen LogP contribution >= 0.6 is 0 Å². The number of nitrogens with one attached hydrogen (secondary N) is 1. The van der Waals surface area contributed by atoms with Gasteiger partial charge in [0.25, 0.3) is 0 Å². The van der Waals surface area contributed by atoms with Gasteiger partial charge < -0.3 is 4.90 Å². The Labute approximate surface area is 159 Å². The third-order valence-corrected chi connectivity index (χ3v) is 5.82. The number of hydrogen-bond acceptors (Lipinski definition) is 3. The quantitative estimate of drug-likeness (QED) is 0.713. The minimum absolute atomic E-state index is 0.144. The number of benzene rings is 3. The van der Waals surface area contributed by atoms with Crippen LogP contribution in [-0.2, 0) is 21.2 Å². The van der Waals surface area contributed by atoms with Crippen LogP contribution in [0, 0.1) is 0 Å². The monoisotopic (exact) mass is 382 g/mol. The third kappa shape index (κ3) is 4.53. The van der Waals surface area contributed by atoms with Crippen LogP contribution in [0.1, 0.15) is 5.56 Å². The molecule has 0 fully saturated rings. The maximum atomic E-state index is 12.9. The first-order valence-electron chi connectivity index (χ1n) is 8.63. The van der Waals surface area contributed by atoms with Gasteiger partial charge in [-0.15, -0.1) is 0 Å². The van der Waals surface area contributed by atoms with Crippen LogP contribution in [0.5, 0.6) is 0 Å². The molecule has 0 aliphatic heterocycles. The van der Waals surface area contributed by atoms with E-state index in [0.717, 1.165) is 16.3 Å². The summed E-state index contributed by atoms with van der Waals surface area (Å²) in [6.07, 6.45) is 0.282. The molecule has 6 heteroatoms. The molecule has 1 atom stereocenters. The molecule has 5 nitrogen and oxygen atoms in total. The Kier molecular flexibility index (Phi) is 5.58. The molecule has 0 saturated heterocycles. The summed E-state index contributed by atoms with van der Waals surface area (Å²) in [7, 11) is -0.616. The summed E-state index contributed by atoms with van der Waals surface area (Å²) >= 11 is 0. The first kappa shape index (κ1) is 19.1. The number of amides is 1. The van der Waals surface area contributed by atoms with Crippen LogP contribution in [0.25, 0.3) is 10.8 Å². The van der Waals surface area contributed by atoms with Gasteiger partial charge in [0.05, 0.1) is 4.90 Å². The maximum Gasteiger partial charge on any atom is 0.241 e. The Morgan fingerprint density at radius 2 is 1.56 bits per heavy atom. The van der Waals surface area contributed by atoms with Crippen LogP contribution in [0.15, 0.2) is 77.7 Å². The number of nitrogens with zero attached hydrogens (tertiary/aromatic N) is 1. The molecule has 0 aliphatic carbocycles. The van der Waals surface area contributed by atoms with Crippen molar-refractivity contribution in [3.8, 4) is 0 Å². The van der Waals surface area contributed by atoms with Gasteiger partial charge in [-0.2, -0.15) is 4.72 Å². The molecule has 0 heterocycles. The highest BCUT2D eigenvalue weighted by molar-refractivity contribution is 7.89. The molecule has 1 N–H and O–H groups in total. The van der Waals surface area contributed by atoms with E-state index < -0.39 is 16.1 Å². The van der Waals surface area contributed by atoms with Crippen LogP contribution in [0.3, 0.4) is 0 Å². The van der Waals surface area contributed by atoms with E-state index in [-0.39, 0.29) is 17.2 Å². The van der Waals surface area contributed by atoms with Crippen molar-refractivity contribution in [1.82, 2.24) is 9.62 Å². The zero-order chi connectivity index (χ0) is 19.4. The fourth-order valence-electron chi connectivity index (χ4n) is 2.93. The lowest BCUT2D eigenvalue weighted by atomic mass is 10.1. The number of likely N-dealkylation sites (N-methyl/N-ethyl adjacent to an activating group) is 1. The largest absolute Gasteiger partial charge is 0.347 e. The minimum Gasteiger partial charge on any atom is -0.347 e. The Hall–Kier alpha value is -2.70. The average Bonchev–Trinajstić information content (AvgIpc) is 2.67. The minimum atomic E-state index is -3.85. The number of fused-ring (bicyclic) bond motifs is 1. The summed E-state index contributed by atoms with van der Waals surface area (Å²) in [5.74, 6) is -0.289. The van der Waals surface area contributed by atoms with Crippen molar-refractivity contribution in [2.45, 2.75) is 17.4 Å². The summed E-state index contributed by atoms with van der Waals surface area (Å²) in [6, 6.07) is 21.0. The number of hydrogen-bond donors (Lipinski definition) is 1. The molecule has 3 aromatic rings. The molecule has 140 valence electrons. The molecular weight excluding hydrogens is 360 g/mol. The fourth-order valence-corrected chi connectivity index (χ4v) is 4.15. The number of carbonyl (C=O) groups excluding carboxylic acids is 1. The highest BCUT2D eigenvalue weighted by Crippen LogP contribution is 2.19. The molecular formula is C21H22N2O3S. The Balaban J connectivity index is 1.91. The molecule has 3 rings (SSSR count). The van der Waals surface area contributed by atoms with Gasteiger partial charge in [0.2, 0.25) is 15.9 Å². The van der Waals surface area contributed by atoms with Crippen LogP contribution in [-0.4, -0.2) is 39.4 Å². The summed E-state index contributed by atoms with van der Waals surface area (Å²) in [6.45, 7) is 0. The SMILES string of the molecule is CN(C)C(=O)C(Cc1ccccc1)NS(=O)(=O)c1ccc2ccccc2c1. The topological polar surface area (TPSA) is 66.5 Å². The molecule has 0 radical (unpaired) electrons. The lowest BCUT2D eigenvalue weighted by molar-refractivity contribution is -0.130. The van der Waals surface area contributed by atoms with Gasteiger partial charge in [-0.1, -0.05) is 60.7 Å². The lowest BCUT2D eigenvalue weighted by Gasteiger charge is -2.22. The number of rotatable bonds is 6. The zero-order valence-electron chi connectivity index (χ0n) is 15.3. The zero-order valence-corrected chi connectivity index (χ0v) is 16.1. The first-order valence-corrected chi connectivity index (χ1v) is 10.1. The molecule has 1 unspecified atom stereocenters. The molecule has 27 heavy (non-hydrogen) atoms. The predicted octanol–water partition coefficient (Wildman–Crippen LogP) is 2.82. The van der Waals surface area contributed by atoms with Gasteiger partial charge in [-0.3, -0.25) is 4.79 Å². The Morgan fingerprint density at radius 1 is 0.926 bits per heavy atom. The molecule has 0 bridgehead atoms. The van der Waals surface area contributed by atoms with Crippen molar-refractivity contribution in [2.24, 2.45) is 0 Å². The number of carbonyl (C=O) groups is 1. The fraction of sp³-hybridized carbons (Fsp3) is 0.190. The van der Waals surface area contributed by atoms with Crippen molar-refractivity contribution in [1.29, 1.82) is 0 Å². The van der Waals surface area contributed by atoms with Crippen LogP contribution in [0.2, 0.25) is 0 Å². The highest BCUT2D eigenvalue weighted by Gasteiger charge is 2.27. The van der Waals surface area contributed by atoms with Gasteiger partial charge in [0.15, 0.2) is 0 Å². The van der Waals surface area contributed by atoms with Crippen LogP contribution < -0.4 is 4.72 Å². The van der Waals surface area contributed by atoms with E-state index in [1.807, 2.05) is 54.6 Å². The second-order valence-electron chi connectivity index (χ2n) is 6.61. The maximum absolute atomic E-state index is 12.9. The average molecular weight is 382 g/mol. The van der Waals surface area contributed by atoms with Crippen LogP contribution in [0.4, 0.5) is 0 Å².